The molecule has 172 valence electrons. The van der Waals surface area contributed by atoms with Crippen LogP contribution < -0.4 is 0 Å². The van der Waals surface area contributed by atoms with Crippen LogP contribution in [0.2, 0.25) is 0 Å². The molecular weight excluding hydrogens is 388 g/mol. The number of ether oxygens (including phenoxy) is 2. The van der Waals surface area contributed by atoms with Gasteiger partial charge in [-0.3, -0.25) is 9.59 Å². The van der Waals surface area contributed by atoms with Gasteiger partial charge in [0.1, 0.15) is 17.5 Å². The van der Waals surface area contributed by atoms with E-state index in [9.17, 15) is 9.59 Å². The van der Waals surface area contributed by atoms with E-state index in [1.54, 1.807) is 0 Å². The van der Waals surface area contributed by atoms with Crippen LogP contribution in [0.4, 0.5) is 0 Å². The molecule has 1 heterocycles. The summed E-state index contributed by atoms with van der Waals surface area (Å²) < 4.78 is 12.2. The second kappa shape index (κ2) is 6.36. The standard InChI is InChI=1S/C27H40O4/c1-16(28)26-10-6-5-7-18(26)13-22-20-14-23-27(31-23)15-19(30-17(2)29)8-11-25(27,4)21(20)9-12-24(22,26)3/h18-23H,5-15H2,1-4H3/t18-,19-,20+,21+,22+,23-,24-,25+,26-,27-/m0/s1. The Morgan fingerprint density at radius 2 is 1.68 bits per heavy atom. The Morgan fingerprint density at radius 3 is 2.42 bits per heavy atom. The Labute approximate surface area is 187 Å². The average Bonchev–Trinajstić information content (AvgIpc) is 3.33. The van der Waals surface area contributed by atoms with Crippen molar-refractivity contribution in [2.75, 3.05) is 0 Å². The summed E-state index contributed by atoms with van der Waals surface area (Å²) in [4.78, 5) is 24.8. The first-order chi connectivity index (χ1) is 14.7. The van der Waals surface area contributed by atoms with Gasteiger partial charge in [0, 0.05) is 24.2 Å². The van der Waals surface area contributed by atoms with Crippen molar-refractivity contribution < 1.29 is 19.1 Å². The van der Waals surface area contributed by atoms with Crippen LogP contribution in [0.1, 0.15) is 98.3 Å². The molecule has 1 aliphatic heterocycles. The van der Waals surface area contributed by atoms with Crippen molar-refractivity contribution in [3.8, 4) is 0 Å². The van der Waals surface area contributed by atoms with Gasteiger partial charge in [-0.05, 0) is 87.4 Å². The van der Waals surface area contributed by atoms with Crippen LogP contribution in [0.15, 0.2) is 0 Å². The lowest BCUT2D eigenvalue weighted by Gasteiger charge is -2.61. The smallest absolute Gasteiger partial charge is 0.302 e. The van der Waals surface area contributed by atoms with Crippen LogP contribution in [-0.2, 0) is 19.1 Å². The summed E-state index contributed by atoms with van der Waals surface area (Å²) in [5, 5.41) is 0. The number of epoxide rings is 1. The van der Waals surface area contributed by atoms with Crippen molar-refractivity contribution in [3.63, 3.8) is 0 Å². The third kappa shape index (κ3) is 2.36. The van der Waals surface area contributed by atoms with E-state index < -0.39 is 0 Å². The number of carbonyl (C=O) groups is 2. The topological polar surface area (TPSA) is 55.9 Å². The molecule has 6 aliphatic rings. The summed E-state index contributed by atoms with van der Waals surface area (Å²) in [5.41, 5.74) is 0.235. The molecule has 5 aliphatic carbocycles. The maximum Gasteiger partial charge on any atom is 0.302 e. The maximum absolute atomic E-state index is 13.2. The molecular formula is C27H40O4. The molecule has 31 heavy (non-hydrogen) atoms. The van der Waals surface area contributed by atoms with Crippen LogP contribution in [0.5, 0.6) is 0 Å². The molecule has 0 radical (unpaired) electrons. The lowest BCUT2D eigenvalue weighted by molar-refractivity contribution is -0.163. The number of ketones is 1. The van der Waals surface area contributed by atoms with Crippen molar-refractivity contribution in [3.05, 3.63) is 0 Å². The van der Waals surface area contributed by atoms with Crippen molar-refractivity contribution in [1.82, 2.24) is 0 Å². The molecule has 0 bridgehead atoms. The van der Waals surface area contributed by atoms with Crippen molar-refractivity contribution in [2.45, 2.75) is 116 Å². The van der Waals surface area contributed by atoms with Crippen LogP contribution in [0, 0.1) is 39.9 Å². The highest BCUT2D eigenvalue weighted by Crippen LogP contribution is 2.77. The largest absolute Gasteiger partial charge is 0.462 e. The van der Waals surface area contributed by atoms with Crippen LogP contribution in [-0.4, -0.2) is 29.6 Å². The van der Waals surface area contributed by atoms with Gasteiger partial charge < -0.3 is 9.47 Å². The SMILES string of the molecule is CC(=O)O[C@H]1CC[C@]2(C)[C@@H]3CC[C@@]4(C)[C@H](C[C@@H]5CCCC[C@]54C(C)=O)[C@@H]3C[C@@H]3O[C@@]32C1. The molecule has 0 aromatic heterocycles. The monoisotopic (exact) mass is 428 g/mol. The minimum atomic E-state index is -0.160. The predicted octanol–water partition coefficient (Wildman–Crippen LogP) is 5.47. The number of hydrogen-bond acceptors (Lipinski definition) is 4. The predicted molar refractivity (Wildman–Crippen MR) is 117 cm³/mol. The van der Waals surface area contributed by atoms with Gasteiger partial charge in [-0.25, -0.2) is 0 Å². The molecule has 6 rings (SSSR count). The zero-order valence-corrected chi connectivity index (χ0v) is 19.9. The lowest BCUT2D eigenvalue weighted by Crippen LogP contribution is -2.60. The third-order valence-corrected chi connectivity index (χ3v) is 12.0. The number of carbonyl (C=O) groups excluding carboxylic acids is 2. The van der Waals surface area contributed by atoms with E-state index in [4.69, 9.17) is 9.47 Å². The first kappa shape index (κ1) is 20.7. The number of esters is 1. The van der Waals surface area contributed by atoms with E-state index in [2.05, 4.69) is 13.8 Å². The van der Waals surface area contributed by atoms with E-state index in [1.807, 2.05) is 6.92 Å². The third-order valence-electron chi connectivity index (χ3n) is 12.0. The minimum absolute atomic E-state index is 0.0244. The molecule has 1 saturated heterocycles. The van der Waals surface area contributed by atoms with Crippen LogP contribution in [0.25, 0.3) is 0 Å². The zero-order valence-electron chi connectivity index (χ0n) is 19.9. The summed E-state index contributed by atoms with van der Waals surface area (Å²) in [6.45, 7) is 8.45. The quantitative estimate of drug-likeness (QED) is 0.432. The summed E-state index contributed by atoms with van der Waals surface area (Å²) in [6, 6.07) is 0. The molecule has 0 aromatic carbocycles. The Morgan fingerprint density at radius 1 is 0.903 bits per heavy atom. The Hall–Kier alpha value is -0.900. The number of hydrogen-bond donors (Lipinski definition) is 0. The zero-order chi connectivity index (χ0) is 21.8. The fourth-order valence-corrected chi connectivity index (χ4v) is 10.8. The molecule has 4 nitrogen and oxygen atoms in total. The highest BCUT2D eigenvalue weighted by molar-refractivity contribution is 5.84. The molecule has 1 spiro atoms. The minimum Gasteiger partial charge on any atom is -0.462 e. The Balaban J connectivity index is 1.33. The fourth-order valence-electron chi connectivity index (χ4n) is 10.8. The van der Waals surface area contributed by atoms with E-state index in [0.717, 1.165) is 32.1 Å². The molecule has 4 heteroatoms. The number of rotatable bonds is 2. The van der Waals surface area contributed by atoms with Crippen molar-refractivity contribution in [1.29, 1.82) is 0 Å². The van der Waals surface area contributed by atoms with Crippen molar-refractivity contribution >= 4 is 11.8 Å². The normalized spacial score (nSPS) is 56.9. The van der Waals surface area contributed by atoms with E-state index in [-0.39, 0.29) is 33.9 Å². The van der Waals surface area contributed by atoms with E-state index >= 15 is 0 Å². The van der Waals surface area contributed by atoms with E-state index in [1.165, 1.54) is 45.4 Å². The maximum atomic E-state index is 13.2. The van der Waals surface area contributed by atoms with E-state index in [0.29, 0.717) is 35.6 Å². The van der Waals surface area contributed by atoms with Gasteiger partial charge in [0.15, 0.2) is 0 Å². The number of Topliss-reactive ketones (excluding diaryl/α,β-unsaturated/α-hetero) is 1. The van der Waals surface area contributed by atoms with Gasteiger partial charge in [0.25, 0.3) is 0 Å². The average molecular weight is 429 g/mol. The second-order valence-corrected chi connectivity index (χ2v) is 12.7. The lowest BCUT2D eigenvalue weighted by atomic mass is 9.42. The van der Waals surface area contributed by atoms with Gasteiger partial charge in [-0.2, -0.15) is 0 Å². The molecule has 0 N–H and O–H groups in total. The summed E-state index contributed by atoms with van der Waals surface area (Å²) in [5.74, 6) is 2.98. The summed E-state index contributed by atoms with van der Waals surface area (Å²) in [6.07, 6.45) is 13.1. The second-order valence-electron chi connectivity index (χ2n) is 12.7. The molecule has 0 amide bonds. The number of fused-ring (bicyclic) bond motifs is 6. The van der Waals surface area contributed by atoms with Gasteiger partial charge >= 0.3 is 5.97 Å². The molecule has 0 unspecified atom stereocenters. The highest BCUT2D eigenvalue weighted by Gasteiger charge is 2.78. The first-order valence-corrected chi connectivity index (χ1v) is 13.0. The van der Waals surface area contributed by atoms with Crippen LogP contribution in [0.3, 0.4) is 0 Å². The van der Waals surface area contributed by atoms with Gasteiger partial charge in [-0.15, -0.1) is 0 Å². The van der Waals surface area contributed by atoms with Gasteiger partial charge in [0.2, 0.25) is 0 Å². The summed E-state index contributed by atoms with van der Waals surface area (Å²) >= 11 is 0. The Bertz CT molecular complexity index is 822. The molecule has 6 fully saturated rings. The van der Waals surface area contributed by atoms with Crippen molar-refractivity contribution in [2.24, 2.45) is 39.9 Å². The Kier molecular flexibility index (Phi) is 4.25. The molecule has 5 saturated carbocycles. The van der Waals surface area contributed by atoms with Gasteiger partial charge in [-0.1, -0.05) is 26.7 Å². The molecule has 0 aromatic rings. The highest BCUT2D eigenvalue weighted by atomic mass is 16.6. The fraction of sp³-hybridized carbons (Fsp3) is 0.926. The summed E-state index contributed by atoms with van der Waals surface area (Å²) in [7, 11) is 0. The van der Waals surface area contributed by atoms with Gasteiger partial charge in [0.05, 0.1) is 6.10 Å². The first-order valence-electron chi connectivity index (χ1n) is 13.0. The molecule has 10 atom stereocenters. The van der Waals surface area contributed by atoms with Crippen LogP contribution >= 0.6 is 0 Å².